The molecule has 2 rings (SSSR count). The van der Waals surface area contributed by atoms with Crippen molar-refractivity contribution in [2.45, 2.75) is 6.92 Å². The first-order valence-corrected chi connectivity index (χ1v) is 6.97. The summed E-state index contributed by atoms with van der Waals surface area (Å²) < 4.78 is 5.55. The van der Waals surface area contributed by atoms with Gasteiger partial charge in [0.15, 0.2) is 0 Å². The van der Waals surface area contributed by atoms with E-state index in [2.05, 4.69) is 5.32 Å². The Morgan fingerprint density at radius 3 is 2.81 bits per heavy atom. The van der Waals surface area contributed by atoms with Crippen molar-refractivity contribution >= 4 is 23.2 Å². The third kappa shape index (κ3) is 4.39. The van der Waals surface area contributed by atoms with E-state index in [-0.39, 0.29) is 5.91 Å². The van der Waals surface area contributed by atoms with Crippen LogP contribution in [0.5, 0.6) is 5.75 Å². The molecule has 5 heteroatoms. The standard InChI is InChI=1S/C16H17ClN2O2/c1-11-3-2-4-13(9-11)21-8-7-19-16(20)14-6-5-12(18)10-15(14)17/h2-6,9-10H,7-8,18H2,1H3,(H,19,20). The summed E-state index contributed by atoms with van der Waals surface area (Å²) >= 11 is 5.98. The molecule has 0 aromatic heterocycles. The number of nitrogens with two attached hydrogens (primary N) is 1. The fourth-order valence-electron chi connectivity index (χ4n) is 1.85. The Balaban J connectivity index is 1.82. The molecule has 0 heterocycles. The number of rotatable bonds is 5. The summed E-state index contributed by atoms with van der Waals surface area (Å²) in [4.78, 5) is 12.0. The molecule has 0 unspecified atom stereocenters. The minimum absolute atomic E-state index is 0.243. The Morgan fingerprint density at radius 2 is 2.10 bits per heavy atom. The van der Waals surface area contributed by atoms with Crippen LogP contribution in [0.4, 0.5) is 5.69 Å². The van der Waals surface area contributed by atoms with Gasteiger partial charge in [-0.1, -0.05) is 23.7 Å². The molecular formula is C16H17ClN2O2. The van der Waals surface area contributed by atoms with E-state index in [1.54, 1.807) is 18.2 Å². The van der Waals surface area contributed by atoms with E-state index in [1.807, 2.05) is 31.2 Å². The number of benzene rings is 2. The first kappa shape index (κ1) is 15.2. The molecule has 0 aliphatic heterocycles. The SMILES string of the molecule is Cc1cccc(OCCNC(=O)c2ccc(N)cc2Cl)c1. The number of nitrogens with one attached hydrogen (secondary N) is 1. The zero-order chi connectivity index (χ0) is 15.2. The van der Waals surface area contributed by atoms with Crippen LogP contribution in [0.2, 0.25) is 5.02 Å². The van der Waals surface area contributed by atoms with E-state index >= 15 is 0 Å². The predicted molar refractivity (Wildman–Crippen MR) is 84.9 cm³/mol. The Hall–Kier alpha value is -2.20. The molecule has 1 amide bonds. The zero-order valence-electron chi connectivity index (χ0n) is 11.7. The van der Waals surface area contributed by atoms with Gasteiger partial charge < -0.3 is 15.8 Å². The fourth-order valence-corrected chi connectivity index (χ4v) is 2.12. The number of halogens is 1. The minimum Gasteiger partial charge on any atom is -0.492 e. The molecule has 0 bridgehead atoms. The monoisotopic (exact) mass is 304 g/mol. The molecule has 21 heavy (non-hydrogen) atoms. The van der Waals surface area contributed by atoms with Gasteiger partial charge in [0, 0.05) is 5.69 Å². The molecule has 0 radical (unpaired) electrons. The van der Waals surface area contributed by atoms with Crippen LogP contribution < -0.4 is 15.8 Å². The Morgan fingerprint density at radius 1 is 1.29 bits per heavy atom. The van der Waals surface area contributed by atoms with Crippen molar-refractivity contribution in [2.75, 3.05) is 18.9 Å². The summed E-state index contributed by atoms with van der Waals surface area (Å²) in [6.07, 6.45) is 0. The van der Waals surface area contributed by atoms with Gasteiger partial charge >= 0.3 is 0 Å². The summed E-state index contributed by atoms with van der Waals surface area (Å²) in [5, 5.41) is 3.09. The van der Waals surface area contributed by atoms with Gasteiger partial charge in [0.2, 0.25) is 0 Å². The van der Waals surface area contributed by atoms with Crippen LogP contribution in [0.3, 0.4) is 0 Å². The number of amides is 1. The Kier molecular flexibility index (Phi) is 5.06. The summed E-state index contributed by atoms with van der Waals surface area (Å²) in [6, 6.07) is 12.6. The number of anilines is 1. The van der Waals surface area contributed by atoms with Crippen molar-refractivity contribution in [3.63, 3.8) is 0 Å². The normalized spacial score (nSPS) is 10.2. The summed E-state index contributed by atoms with van der Waals surface area (Å²) in [7, 11) is 0. The Bertz CT molecular complexity index is 644. The molecule has 0 fully saturated rings. The largest absolute Gasteiger partial charge is 0.492 e. The average Bonchev–Trinajstić information content (AvgIpc) is 2.43. The van der Waals surface area contributed by atoms with E-state index < -0.39 is 0 Å². The van der Waals surface area contributed by atoms with E-state index in [9.17, 15) is 4.79 Å². The van der Waals surface area contributed by atoms with Crippen LogP contribution in [0.15, 0.2) is 42.5 Å². The van der Waals surface area contributed by atoms with E-state index in [4.69, 9.17) is 22.1 Å². The second-order valence-electron chi connectivity index (χ2n) is 4.66. The van der Waals surface area contributed by atoms with Gasteiger partial charge in [0.1, 0.15) is 12.4 Å². The number of aryl methyl sites for hydroxylation is 1. The molecule has 0 spiro atoms. The molecule has 2 aromatic carbocycles. The van der Waals surface area contributed by atoms with Crippen LogP contribution in [-0.2, 0) is 0 Å². The first-order chi connectivity index (χ1) is 10.1. The van der Waals surface area contributed by atoms with Gasteiger partial charge in [-0.05, 0) is 42.8 Å². The van der Waals surface area contributed by atoms with Crippen LogP contribution in [0.1, 0.15) is 15.9 Å². The highest BCUT2D eigenvalue weighted by Crippen LogP contribution is 2.18. The lowest BCUT2D eigenvalue weighted by Crippen LogP contribution is -2.28. The molecule has 110 valence electrons. The lowest BCUT2D eigenvalue weighted by atomic mass is 10.2. The first-order valence-electron chi connectivity index (χ1n) is 6.59. The molecule has 0 saturated carbocycles. The molecule has 2 aromatic rings. The topological polar surface area (TPSA) is 64.3 Å². The van der Waals surface area contributed by atoms with E-state index in [0.29, 0.717) is 29.4 Å². The highest BCUT2D eigenvalue weighted by atomic mass is 35.5. The maximum atomic E-state index is 12.0. The number of ether oxygens (including phenoxy) is 1. The zero-order valence-corrected chi connectivity index (χ0v) is 12.5. The Labute approximate surface area is 128 Å². The quantitative estimate of drug-likeness (QED) is 0.659. The summed E-state index contributed by atoms with van der Waals surface area (Å²) in [6.45, 7) is 2.78. The van der Waals surface area contributed by atoms with Crippen LogP contribution >= 0.6 is 11.6 Å². The van der Waals surface area contributed by atoms with E-state index in [1.165, 1.54) is 0 Å². The maximum absolute atomic E-state index is 12.0. The third-order valence-electron chi connectivity index (χ3n) is 2.88. The number of hydrogen-bond acceptors (Lipinski definition) is 3. The molecular weight excluding hydrogens is 288 g/mol. The highest BCUT2D eigenvalue weighted by Gasteiger charge is 2.09. The third-order valence-corrected chi connectivity index (χ3v) is 3.20. The van der Waals surface area contributed by atoms with Gasteiger partial charge in [0.05, 0.1) is 17.1 Å². The van der Waals surface area contributed by atoms with Crippen molar-refractivity contribution < 1.29 is 9.53 Å². The van der Waals surface area contributed by atoms with Gasteiger partial charge in [-0.15, -0.1) is 0 Å². The number of carbonyl (C=O) groups excluding carboxylic acids is 1. The van der Waals surface area contributed by atoms with Gasteiger partial charge in [-0.2, -0.15) is 0 Å². The van der Waals surface area contributed by atoms with Crippen molar-refractivity contribution in [3.05, 3.63) is 58.6 Å². The molecule has 0 aliphatic carbocycles. The van der Waals surface area contributed by atoms with Crippen molar-refractivity contribution in [2.24, 2.45) is 0 Å². The summed E-state index contributed by atoms with van der Waals surface area (Å²) in [5.41, 5.74) is 7.65. The van der Waals surface area contributed by atoms with E-state index in [0.717, 1.165) is 11.3 Å². The predicted octanol–water partition coefficient (Wildman–Crippen LogP) is 3.04. The van der Waals surface area contributed by atoms with Crippen LogP contribution in [0.25, 0.3) is 0 Å². The van der Waals surface area contributed by atoms with Crippen molar-refractivity contribution in [1.82, 2.24) is 5.32 Å². The molecule has 0 saturated heterocycles. The minimum atomic E-state index is -0.243. The van der Waals surface area contributed by atoms with Crippen LogP contribution in [0, 0.1) is 6.92 Å². The lowest BCUT2D eigenvalue weighted by molar-refractivity contribution is 0.0947. The van der Waals surface area contributed by atoms with Gasteiger partial charge in [0.25, 0.3) is 5.91 Å². The smallest absolute Gasteiger partial charge is 0.252 e. The van der Waals surface area contributed by atoms with Crippen molar-refractivity contribution in [1.29, 1.82) is 0 Å². The van der Waals surface area contributed by atoms with Crippen molar-refractivity contribution in [3.8, 4) is 5.75 Å². The lowest BCUT2D eigenvalue weighted by Gasteiger charge is -2.09. The number of hydrogen-bond donors (Lipinski definition) is 2. The molecule has 0 atom stereocenters. The summed E-state index contributed by atoms with van der Waals surface area (Å²) in [5.74, 6) is 0.544. The maximum Gasteiger partial charge on any atom is 0.252 e. The molecule has 3 N–H and O–H groups in total. The number of carbonyl (C=O) groups is 1. The average molecular weight is 305 g/mol. The highest BCUT2D eigenvalue weighted by molar-refractivity contribution is 6.34. The van der Waals surface area contributed by atoms with Gasteiger partial charge in [-0.3, -0.25) is 4.79 Å². The number of nitrogen functional groups attached to an aromatic ring is 1. The second kappa shape index (κ2) is 6.99. The van der Waals surface area contributed by atoms with Crippen LogP contribution in [-0.4, -0.2) is 19.1 Å². The molecule has 4 nitrogen and oxygen atoms in total. The molecule has 0 aliphatic rings. The second-order valence-corrected chi connectivity index (χ2v) is 5.07. The fraction of sp³-hybridized carbons (Fsp3) is 0.188. The van der Waals surface area contributed by atoms with Gasteiger partial charge in [-0.25, -0.2) is 0 Å².